The third-order valence-corrected chi connectivity index (χ3v) is 2.89. The molecule has 5 heteroatoms. The second-order valence-electron chi connectivity index (χ2n) is 4.52. The molecule has 1 rings (SSSR count). The van der Waals surface area contributed by atoms with Gasteiger partial charge in [-0.15, -0.1) is 0 Å². The van der Waals surface area contributed by atoms with E-state index < -0.39 is 5.97 Å². The summed E-state index contributed by atoms with van der Waals surface area (Å²) in [5.41, 5.74) is 0.670. The molecule has 20 heavy (non-hydrogen) atoms. The Kier molecular flexibility index (Phi) is 7.87. The fourth-order valence-electron chi connectivity index (χ4n) is 1.87. The van der Waals surface area contributed by atoms with Crippen molar-refractivity contribution in [1.82, 2.24) is 0 Å². The lowest BCUT2D eigenvalue weighted by Gasteiger charge is -2.10. The fourth-order valence-corrected chi connectivity index (χ4v) is 1.87. The Hall–Kier alpha value is -2.04. The Labute approximate surface area is 118 Å². The Morgan fingerprint density at radius 2 is 1.85 bits per heavy atom. The normalized spacial score (nSPS) is 10.0. The van der Waals surface area contributed by atoms with Gasteiger partial charge in [0.2, 0.25) is 6.41 Å². The van der Waals surface area contributed by atoms with E-state index in [2.05, 4.69) is 5.32 Å². The van der Waals surface area contributed by atoms with E-state index in [4.69, 9.17) is 9.84 Å². The summed E-state index contributed by atoms with van der Waals surface area (Å²) in [5.74, 6) is -0.0573. The minimum absolute atomic E-state index is 0.251. The van der Waals surface area contributed by atoms with Gasteiger partial charge in [-0.3, -0.25) is 9.59 Å². The number of carbonyl (C=O) groups excluding carboxylic acids is 1. The van der Waals surface area contributed by atoms with Crippen LogP contribution >= 0.6 is 0 Å². The number of hydrogen-bond donors (Lipinski definition) is 2. The molecule has 110 valence electrons. The summed E-state index contributed by atoms with van der Waals surface area (Å²) in [6.45, 7) is 0.594. The monoisotopic (exact) mass is 279 g/mol. The lowest BCUT2D eigenvalue weighted by atomic mass is 10.1. The first-order chi connectivity index (χ1) is 9.74. The zero-order chi connectivity index (χ0) is 14.6. The van der Waals surface area contributed by atoms with Gasteiger partial charge in [0.15, 0.2) is 0 Å². The molecule has 0 heterocycles. The highest BCUT2D eigenvalue weighted by Gasteiger charge is 2.01. The zero-order valence-corrected chi connectivity index (χ0v) is 11.5. The van der Waals surface area contributed by atoms with Crippen molar-refractivity contribution in [3.8, 4) is 5.75 Å². The Bertz CT molecular complexity index is 420. The molecule has 0 bridgehead atoms. The van der Waals surface area contributed by atoms with Gasteiger partial charge >= 0.3 is 5.97 Å². The molecule has 0 saturated heterocycles. The van der Waals surface area contributed by atoms with Crippen LogP contribution in [0, 0.1) is 0 Å². The molecule has 0 fully saturated rings. The van der Waals surface area contributed by atoms with E-state index in [1.165, 1.54) is 0 Å². The number of para-hydroxylation sites is 2. The fraction of sp³-hybridized carbons (Fsp3) is 0.467. The van der Waals surface area contributed by atoms with Crippen molar-refractivity contribution in [2.24, 2.45) is 0 Å². The van der Waals surface area contributed by atoms with Crippen molar-refractivity contribution in [3.63, 3.8) is 0 Å². The Balaban J connectivity index is 2.12. The van der Waals surface area contributed by atoms with Crippen LogP contribution in [0.3, 0.4) is 0 Å². The van der Waals surface area contributed by atoms with Crippen LogP contribution in [0.1, 0.15) is 38.5 Å². The van der Waals surface area contributed by atoms with Gasteiger partial charge in [-0.05, 0) is 25.0 Å². The zero-order valence-electron chi connectivity index (χ0n) is 11.5. The molecule has 0 aliphatic carbocycles. The average molecular weight is 279 g/mol. The predicted molar refractivity (Wildman–Crippen MR) is 77.0 cm³/mol. The van der Waals surface area contributed by atoms with Gasteiger partial charge in [-0.2, -0.15) is 0 Å². The maximum absolute atomic E-state index is 10.4. The number of anilines is 1. The quantitative estimate of drug-likeness (QED) is 0.482. The van der Waals surface area contributed by atoms with E-state index in [-0.39, 0.29) is 6.42 Å². The van der Waals surface area contributed by atoms with Crippen molar-refractivity contribution in [2.75, 3.05) is 11.9 Å². The maximum Gasteiger partial charge on any atom is 0.303 e. The van der Waals surface area contributed by atoms with Gasteiger partial charge in [0.25, 0.3) is 0 Å². The SMILES string of the molecule is O=CNc1ccccc1OCCCCCCCC(=O)O. The van der Waals surface area contributed by atoms with Crippen LogP contribution in [-0.2, 0) is 9.59 Å². The number of hydrogen-bond acceptors (Lipinski definition) is 3. The molecule has 2 N–H and O–H groups in total. The number of carbonyl (C=O) groups is 2. The van der Waals surface area contributed by atoms with Gasteiger partial charge in [-0.1, -0.05) is 31.4 Å². The van der Waals surface area contributed by atoms with Gasteiger partial charge in [0.1, 0.15) is 5.75 Å². The molecule has 0 radical (unpaired) electrons. The number of unbranched alkanes of at least 4 members (excludes halogenated alkanes) is 4. The predicted octanol–water partition coefficient (Wildman–Crippen LogP) is 3.06. The highest BCUT2D eigenvalue weighted by atomic mass is 16.5. The van der Waals surface area contributed by atoms with Crippen molar-refractivity contribution < 1.29 is 19.4 Å². The van der Waals surface area contributed by atoms with Crippen LogP contribution < -0.4 is 10.1 Å². The van der Waals surface area contributed by atoms with Gasteiger partial charge in [0, 0.05) is 6.42 Å². The largest absolute Gasteiger partial charge is 0.491 e. The maximum atomic E-state index is 10.4. The smallest absolute Gasteiger partial charge is 0.303 e. The lowest BCUT2D eigenvalue weighted by Crippen LogP contribution is -2.02. The molecule has 0 aromatic heterocycles. The molecule has 0 unspecified atom stereocenters. The van der Waals surface area contributed by atoms with E-state index in [1.54, 1.807) is 6.07 Å². The molecular weight excluding hydrogens is 258 g/mol. The molecule has 5 nitrogen and oxygen atoms in total. The molecule has 0 atom stereocenters. The van der Waals surface area contributed by atoms with Crippen LogP contribution in [0.4, 0.5) is 5.69 Å². The molecule has 1 aromatic carbocycles. The summed E-state index contributed by atoms with van der Waals surface area (Å²) in [6.07, 6.45) is 5.51. The van der Waals surface area contributed by atoms with E-state index in [0.717, 1.165) is 32.1 Å². The molecule has 0 saturated carbocycles. The van der Waals surface area contributed by atoms with E-state index >= 15 is 0 Å². The summed E-state index contributed by atoms with van der Waals surface area (Å²) in [6, 6.07) is 7.30. The molecule has 0 aliphatic heterocycles. The first kappa shape index (κ1) is 16.0. The van der Waals surface area contributed by atoms with Crippen LogP contribution in [-0.4, -0.2) is 24.1 Å². The van der Waals surface area contributed by atoms with Crippen molar-refractivity contribution >= 4 is 18.1 Å². The molecule has 1 amide bonds. The standard InChI is InChI=1S/C15H21NO4/c17-12-16-13-8-5-6-9-14(13)20-11-7-3-1-2-4-10-15(18)19/h5-6,8-9,12H,1-4,7,10-11H2,(H,16,17)(H,18,19). The van der Waals surface area contributed by atoms with Crippen molar-refractivity contribution in [1.29, 1.82) is 0 Å². The van der Waals surface area contributed by atoms with Crippen molar-refractivity contribution in [3.05, 3.63) is 24.3 Å². The van der Waals surface area contributed by atoms with E-state index in [1.807, 2.05) is 18.2 Å². The lowest BCUT2D eigenvalue weighted by molar-refractivity contribution is -0.137. The van der Waals surface area contributed by atoms with Gasteiger partial charge in [-0.25, -0.2) is 0 Å². The number of ether oxygens (including phenoxy) is 1. The third-order valence-electron chi connectivity index (χ3n) is 2.89. The second kappa shape index (κ2) is 9.83. The number of carboxylic acid groups (broad SMARTS) is 1. The second-order valence-corrected chi connectivity index (χ2v) is 4.52. The first-order valence-corrected chi connectivity index (χ1v) is 6.88. The number of carboxylic acids is 1. The minimum Gasteiger partial charge on any atom is -0.491 e. The summed E-state index contributed by atoms with van der Waals surface area (Å²) in [4.78, 5) is 20.8. The number of amides is 1. The summed E-state index contributed by atoms with van der Waals surface area (Å²) < 4.78 is 5.62. The molecule has 1 aromatic rings. The van der Waals surface area contributed by atoms with Crippen molar-refractivity contribution in [2.45, 2.75) is 38.5 Å². The number of benzene rings is 1. The molecule has 0 spiro atoms. The van der Waals surface area contributed by atoms with Crippen LogP contribution in [0.2, 0.25) is 0 Å². The first-order valence-electron chi connectivity index (χ1n) is 6.88. The Morgan fingerprint density at radius 3 is 2.60 bits per heavy atom. The minimum atomic E-state index is -0.729. The summed E-state index contributed by atoms with van der Waals surface area (Å²) >= 11 is 0. The topological polar surface area (TPSA) is 75.6 Å². The van der Waals surface area contributed by atoms with Crippen LogP contribution in [0.25, 0.3) is 0 Å². The Morgan fingerprint density at radius 1 is 1.15 bits per heavy atom. The number of rotatable bonds is 11. The summed E-state index contributed by atoms with van der Waals surface area (Å²) in [7, 11) is 0. The van der Waals surface area contributed by atoms with E-state index in [9.17, 15) is 9.59 Å². The van der Waals surface area contributed by atoms with Gasteiger partial charge < -0.3 is 15.2 Å². The molecular formula is C15H21NO4. The van der Waals surface area contributed by atoms with E-state index in [0.29, 0.717) is 24.5 Å². The van der Waals surface area contributed by atoms with Crippen LogP contribution in [0.15, 0.2) is 24.3 Å². The number of nitrogens with one attached hydrogen (secondary N) is 1. The number of aliphatic carboxylic acids is 1. The highest BCUT2D eigenvalue weighted by Crippen LogP contribution is 2.23. The molecule has 0 aliphatic rings. The third kappa shape index (κ3) is 6.78. The highest BCUT2D eigenvalue weighted by molar-refractivity contribution is 5.75. The average Bonchev–Trinajstić information content (AvgIpc) is 2.43. The summed E-state index contributed by atoms with van der Waals surface area (Å²) in [5, 5.41) is 11.1. The van der Waals surface area contributed by atoms with Crippen LogP contribution in [0.5, 0.6) is 5.75 Å². The van der Waals surface area contributed by atoms with Gasteiger partial charge in [0.05, 0.1) is 12.3 Å².